The van der Waals surface area contributed by atoms with Crippen molar-refractivity contribution in [2.75, 3.05) is 13.7 Å². The highest BCUT2D eigenvalue weighted by molar-refractivity contribution is 6.01. The van der Waals surface area contributed by atoms with Crippen molar-refractivity contribution in [3.05, 3.63) is 59.9 Å². The second-order valence-corrected chi connectivity index (χ2v) is 5.65. The van der Waals surface area contributed by atoms with Crippen LogP contribution in [0, 0.1) is 0 Å². The van der Waals surface area contributed by atoms with Crippen LogP contribution in [0.15, 0.2) is 53.9 Å². The van der Waals surface area contributed by atoms with Crippen LogP contribution in [0.2, 0.25) is 0 Å². The SMILES string of the molecule is COc1ccc(CCNC(=O)CC(C)=NNC(=O)c2ccncc2)cc1. The maximum atomic E-state index is 11.9. The Kier molecular flexibility index (Phi) is 7.30. The molecule has 0 saturated carbocycles. The molecule has 0 aliphatic carbocycles. The number of carbonyl (C=O) groups is 2. The van der Waals surface area contributed by atoms with E-state index in [0.29, 0.717) is 17.8 Å². The average Bonchev–Trinajstić information content (AvgIpc) is 2.67. The second-order valence-electron chi connectivity index (χ2n) is 5.65. The van der Waals surface area contributed by atoms with Gasteiger partial charge in [0.2, 0.25) is 5.91 Å². The number of ether oxygens (including phenoxy) is 1. The summed E-state index contributed by atoms with van der Waals surface area (Å²) in [6, 6.07) is 10.9. The van der Waals surface area contributed by atoms with E-state index in [1.165, 1.54) is 12.4 Å². The normalized spacial score (nSPS) is 10.9. The van der Waals surface area contributed by atoms with E-state index in [2.05, 4.69) is 20.8 Å². The number of hydrogen-bond acceptors (Lipinski definition) is 5. The van der Waals surface area contributed by atoms with Gasteiger partial charge in [0, 0.05) is 30.2 Å². The van der Waals surface area contributed by atoms with Gasteiger partial charge in [0.05, 0.1) is 13.5 Å². The van der Waals surface area contributed by atoms with Crippen molar-refractivity contribution in [2.45, 2.75) is 19.8 Å². The summed E-state index contributed by atoms with van der Waals surface area (Å²) in [6.45, 7) is 2.22. The van der Waals surface area contributed by atoms with Crippen LogP contribution in [0.4, 0.5) is 0 Å². The molecule has 2 aromatic rings. The first-order valence-electron chi connectivity index (χ1n) is 8.21. The number of amides is 2. The zero-order chi connectivity index (χ0) is 18.8. The molecule has 0 aliphatic rings. The van der Waals surface area contributed by atoms with Crippen molar-refractivity contribution >= 4 is 17.5 Å². The van der Waals surface area contributed by atoms with E-state index in [4.69, 9.17) is 4.74 Å². The third-order valence-electron chi connectivity index (χ3n) is 3.60. The van der Waals surface area contributed by atoms with E-state index in [9.17, 15) is 9.59 Å². The summed E-state index contributed by atoms with van der Waals surface area (Å²) in [4.78, 5) is 27.6. The quantitative estimate of drug-likeness (QED) is 0.560. The number of pyridine rings is 1. The molecule has 7 heteroatoms. The summed E-state index contributed by atoms with van der Waals surface area (Å²) in [5, 5.41) is 6.79. The highest BCUT2D eigenvalue weighted by atomic mass is 16.5. The zero-order valence-corrected chi connectivity index (χ0v) is 14.9. The monoisotopic (exact) mass is 354 g/mol. The number of hydrazone groups is 1. The molecule has 0 atom stereocenters. The summed E-state index contributed by atoms with van der Waals surface area (Å²) in [6.07, 6.45) is 3.91. The average molecular weight is 354 g/mol. The third-order valence-corrected chi connectivity index (χ3v) is 3.60. The van der Waals surface area contributed by atoms with Gasteiger partial charge in [-0.2, -0.15) is 5.10 Å². The Balaban J connectivity index is 1.71. The topological polar surface area (TPSA) is 92.7 Å². The molecule has 0 saturated heterocycles. The number of nitrogens with zero attached hydrogens (tertiary/aromatic N) is 2. The highest BCUT2D eigenvalue weighted by Gasteiger charge is 2.06. The van der Waals surface area contributed by atoms with E-state index in [1.54, 1.807) is 26.2 Å². The Bertz CT molecular complexity index is 758. The molecule has 0 radical (unpaired) electrons. The van der Waals surface area contributed by atoms with Crippen molar-refractivity contribution in [3.63, 3.8) is 0 Å². The molecular weight excluding hydrogens is 332 g/mol. The second kappa shape index (κ2) is 9.93. The maximum Gasteiger partial charge on any atom is 0.271 e. The smallest absolute Gasteiger partial charge is 0.271 e. The Morgan fingerprint density at radius 1 is 1.12 bits per heavy atom. The number of hydrogen-bond donors (Lipinski definition) is 2. The molecule has 0 aliphatic heterocycles. The van der Waals surface area contributed by atoms with Crippen molar-refractivity contribution in [3.8, 4) is 5.75 Å². The lowest BCUT2D eigenvalue weighted by molar-refractivity contribution is -0.119. The van der Waals surface area contributed by atoms with Crippen LogP contribution in [0.5, 0.6) is 5.75 Å². The third kappa shape index (κ3) is 6.35. The van der Waals surface area contributed by atoms with Crippen LogP contribution >= 0.6 is 0 Å². The fourth-order valence-electron chi connectivity index (χ4n) is 2.19. The minimum absolute atomic E-state index is 0.124. The first-order chi connectivity index (χ1) is 12.6. The van der Waals surface area contributed by atoms with Crippen LogP contribution in [-0.4, -0.2) is 36.2 Å². The molecule has 0 unspecified atom stereocenters. The van der Waals surface area contributed by atoms with Crippen molar-refractivity contribution in [1.29, 1.82) is 0 Å². The van der Waals surface area contributed by atoms with Gasteiger partial charge >= 0.3 is 0 Å². The standard InChI is InChI=1S/C19H22N4O3/c1-14(22-23-19(25)16-8-10-20-11-9-16)13-18(24)21-12-7-15-3-5-17(26-2)6-4-15/h3-6,8-11H,7,12-13H2,1-2H3,(H,21,24)(H,23,25). The van der Waals surface area contributed by atoms with Gasteiger partial charge in [0.25, 0.3) is 5.91 Å². The summed E-state index contributed by atoms with van der Waals surface area (Å²) in [5.41, 5.74) is 4.52. The molecule has 2 amide bonds. The van der Waals surface area contributed by atoms with Gasteiger partial charge in [0.1, 0.15) is 5.75 Å². The number of aromatic nitrogens is 1. The molecule has 1 aromatic carbocycles. The molecule has 1 heterocycles. The van der Waals surface area contributed by atoms with Crippen LogP contribution in [-0.2, 0) is 11.2 Å². The minimum Gasteiger partial charge on any atom is -0.497 e. The first kappa shape index (κ1) is 19.1. The largest absolute Gasteiger partial charge is 0.497 e. The van der Waals surface area contributed by atoms with Gasteiger partial charge in [0.15, 0.2) is 0 Å². The Morgan fingerprint density at radius 2 is 1.81 bits per heavy atom. The van der Waals surface area contributed by atoms with Gasteiger partial charge in [-0.3, -0.25) is 14.6 Å². The summed E-state index contributed by atoms with van der Waals surface area (Å²) in [5.74, 6) is 0.322. The molecular formula is C19H22N4O3. The highest BCUT2D eigenvalue weighted by Crippen LogP contribution is 2.11. The lowest BCUT2D eigenvalue weighted by Gasteiger charge is -2.06. The lowest BCUT2D eigenvalue weighted by Crippen LogP contribution is -2.28. The van der Waals surface area contributed by atoms with E-state index in [0.717, 1.165) is 17.7 Å². The molecule has 7 nitrogen and oxygen atoms in total. The molecule has 26 heavy (non-hydrogen) atoms. The molecule has 1 aromatic heterocycles. The molecule has 0 fully saturated rings. The summed E-state index contributed by atoms with van der Waals surface area (Å²) >= 11 is 0. The van der Waals surface area contributed by atoms with Crippen molar-refractivity contribution in [2.24, 2.45) is 5.10 Å². The fraction of sp³-hybridized carbons (Fsp3) is 0.263. The number of nitrogens with one attached hydrogen (secondary N) is 2. The van der Waals surface area contributed by atoms with Gasteiger partial charge in [-0.15, -0.1) is 0 Å². The minimum atomic E-state index is -0.341. The van der Waals surface area contributed by atoms with E-state index in [-0.39, 0.29) is 18.2 Å². The van der Waals surface area contributed by atoms with E-state index in [1.807, 2.05) is 24.3 Å². The van der Waals surface area contributed by atoms with Crippen LogP contribution in [0.25, 0.3) is 0 Å². The van der Waals surface area contributed by atoms with Crippen molar-refractivity contribution in [1.82, 2.24) is 15.7 Å². The predicted molar refractivity (Wildman–Crippen MR) is 99.1 cm³/mol. The lowest BCUT2D eigenvalue weighted by atomic mass is 10.1. The van der Waals surface area contributed by atoms with Gasteiger partial charge < -0.3 is 10.1 Å². The number of carbonyl (C=O) groups excluding carboxylic acids is 2. The van der Waals surface area contributed by atoms with Crippen LogP contribution < -0.4 is 15.5 Å². The zero-order valence-electron chi connectivity index (χ0n) is 14.9. The van der Waals surface area contributed by atoms with Gasteiger partial charge in [-0.1, -0.05) is 12.1 Å². The van der Waals surface area contributed by atoms with Gasteiger partial charge in [-0.25, -0.2) is 5.43 Å². The number of methoxy groups -OCH3 is 1. The van der Waals surface area contributed by atoms with E-state index < -0.39 is 0 Å². The Morgan fingerprint density at radius 3 is 2.46 bits per heavy atom. The van der Waals surface area contributed by atoms with Crippen LogP contribution in [0.1, 0.15) is 29.3 Å². The predicted octanol–water partition coefficient (Wildman–Crippen LogP) is 1.94. The van der Waals surface area contributed by atoms with E-state index >= 15 is 0 Å². The van der Waals surface area contributed by atoms with Crippen LogP contribution in [0.3, 0.4) is 0 Å². The molecule has 2 N–H and O–H groups in total. The molecule has 0 bridgehead atoms. The fourth-order valence-corrected chi connectivity index (χ4v) is 2.19. The molecule has 136 valence electrons. The Hall–Kier alpha value is -3.22. The summed E-state index contributed by atoms with van der Waals surface area (Å²) < 4.78 is 5.11. The van der Waals surface area contributed by atoms with Crippen molar-refractivity contribution < 1.29 is 14.3 Å². The molecule has 2 rings (SSSR count). The number of benzene rings is 1. The maximum absolute atomic E-state index is 11.9. The summed E-state index contributed by atoms with van der Waals surface area (Å²) in [7, 11) is 1.62. The first-order valence-corrected chi connectivity index (χ1v) is 8.21. The Labute approximate surface area is 152 Å². The molecule has 0 spiro atoms. The van der Waals surface area contributed by atoms with Gasteiger partial charge in [-0.05, 0) is 43.2 Å². The number of rotatable bonds is 8.